The van der Waals surface area contributed by atoms with Crippen LogP contribution < -0.4 is 4.90 Å². The topological polar surface area (TPSA) is 27.0 Å². The average molecular weight is 775 g/mol. The van der Waals surface area contributed by atoms with Crippen molar-refractivity contribution in [1.82, 2.24) is 0 Å². The second-order valence-electron chi connectivity index (χ2n) is 18.5. The first-order valence-corrected chi connectivity index (χ1v) is 21.7. The van der Waals surface area contributed by atoms with Crippen LogP contribution in [0.5, 0.6) is 0 Å². The maximum absolute atomic E-state index is 10.3. The molecular weight excluding hydrogens is 713 g/mol. The Bertz CT molecular complexity index is 2770. The summed E-state index contributed by atoms with van der Waals surface area (Å²) in [5.74, 6) is 0.0296. The Morgan fingerprint density at radius 2 is 0.864 bits per heavy atom. The molecule has 8 rings (SSSR count). The first-order valence-electron chi connectivity index (χ1n) is 21.7. The molecule has 2 heteroatoms. The molecule has 0 spiro atoms. The summed E-state index contributed by atoms with van der Waals surface area (Å²) >= 11 is 0. The lowest BCUT2D eigenvalue weighted by molar-refractivity contribution is 0.837. The van der Waals surface area contributed by atoms with E-state index in [0.29, 0.717) is 5.56 Å². The van der Waals surface area contributed by atoms with Crippen LogP contribution in [0.2, 0.25) is 0 Å². The Morgan fingerprint density at radius 3 is 1.32 bits per heavy atom. The number of nitriles is 1. The smallest absolute Gasteiger partial charge is 0.0991 e. The Balaban J connectivity index is 1.56. The predicted molar refractivity (Wildman–Crippen MR) is 251 cm³/mol. The van der Waals surface area contributed by atoms with Crippen molar-refractivity contribution >= 4 is 17.1 Å². The molecule has 0 bridgehead atoms. The number of hydrogen-bond acceptors (Lipinski definition) is 2. The Hall–Kier alpha value is -5.39. The fourth-order valence-electron chi connectivity index (χ4n) is 11.2. The molecule has 0 saturated carbocycles. The first kappa shape index (κ1) is 40.4. The third-order valence-electron chi connectivity index (χ3n) is 16.3. The van der Waals surface area contributed by atoms with Gasteiger partial charge in [-0.15, -0.1) is 0 Å². The van der Waals surface area contributed by atoms with E-state index in [-0.39, 0.29) is 5.92 Å². The van der Waals surface area contributed by atoms with Crippen LogP contribution in [-0.2, 0) is 12.8 Å². The van der Waals surface area contributed by atoms with Crippen LogP contribution in [0.15, 0.2) is 36.4 Å². The summed E-state index contributed by atoms with van der Waals surface area (Å²) in [7, 11) is 0. The van der Waals surface area contributed by atoms with Crippen molar-refractivity contribution in [2.75, 3.05) is 4.90 Å². The summed E-state index contributed by atoms with van der Waals surface area (Å²) in [6, 6.07) is 15.9. The lowest BCUT2D eigenvalue weighted by atomic mass is 9.66. The minimum atomic E-state index is 0.0296. The first-order chi connectivity index (χ1) is 27.8. The third-order valence-corrected chi connectivity index (χ3v) is 16.3. The van der Waals surface area contributed by atoms with Gasteiger partial charge in [-0.1, -0.05) is 18.2 Å². The minimum Gasteiger partial charge on any atom is -0.309 e. The molecule has 0 atom stereocenters. The Labute approximate surface area is 355 Å². The van der Waals surface area contributed by atoms with Gasteiger partial charge in [-0.2, -0.15) is 5.26 Å². The van der Waals surface area contributed by atoms with Gasteiger partial charge in [-0.3, -0.25) is 0 Å². The molecule has 0 amide bonds. The molecule has 6 aromatic rings. The number of anilines is 3. The third kappa shape index (κ3) is 5.64. The highest BCUT2D eigenvalue weighted by Gasteiger charge is 2.38. The van der Waals surface area contributed by atoms with E-state index < -0.39 is 0 Å². The molecular formula is C57H62N2. The highest BCUT2D eigenvalue weighted by atomic mass is 15.2. The molecule has 1 aliphatic carbocycles. The van der Waals surface area contributed by atoms with E-state index in [2.05, 4.69) is 159 Å². The number of hydrogen-bond donors (Lipinski definition) is 0. The molecule has 300 valence electrons. The summed E-state index contributed by atoms with van der Waals surface area (Å²) in [4.78, 5) is 2.66. The van der Waals surface area contributed by atoms with Crippen molar-refractivity contribution in [3.63, 3.8) is 0 Å². The van der Waals surface area contributed by atoms with E-state index in [0.717, 1.165) is 18.4 Å². The van der Waals surface area contributed by atoms with Crippen molar-refractivity contribution in [3.8, 4) is 17.2 Å². The summed E-state index contributed by atoms with van der Waals surface area (Å²) in [6.07, 6.45) is 1.89. The van der Waals surface area contributed by atoms with Gasteiger partial charge in [0.1, 0.15) is 0 Å². The van der Waals surface area contributed by atoms with Gasteiger partial charge in [0, 0.05) is 18.0 Å². The fraction of sp³-hybridized carbons (Fsp3) is 0.351. The highest BCUT2D eigenvalue weighted by Crippen LogP contribution is 2.55. The zero-order valence-corrected chi connectivity index (χ0v) is 38.9. The number of benzene rings is 6. The number of aryl methyl sites for hydroxylation is 1. The SMILES string of the molecule is Cc1cc(C2c3c(C)c(C)c(C)c(C)c3Cc3c(C)c(C)c(C)c(C)c32)c(-c2cccc(C#N)c2)cc1N1c2c(C)c(C)c(C)c(C)c2Cc2c(C)c(C)c(C)c(C)c21. The summed E-state index contributed by atoms with van der Waals surface area (Å²) in [6.45, 7) is 39.6. The van der Waals surface area contributed by atoms with Crippen LogP contribution in [0.25, 0.3) is 11.1 Å². The van der Waals surface area contributed by atoms with Gasteiger partial charge < -0.3 is 4.90 Å². The molecule has 2 nitrogen and oxygen atoms in total. The molecule has 0 N–H and O–H groups in total. The van der Waals surface area contributed by atoms with E-state index >= 15 is 0 Å². The van der Waals surface area contributed by atoms with Gasteiger partial charge in [0.25, 0.3) is 0 Å². The van der Waals surface area contributed by atoms with Crippen molar-refractivity contribution in [2.45, 2.75) is 136 Å². The zero-order chi connectivity index (χ0) is 42.8. The molecule has 1 heterocycles. The predicted octanol–water partition coefficient (Wildman–Crippen LogP) is 14.9. The summed E-state index contributed by atoms with van der Waals surface area (Å²) < 4.78 is 0. The van der Waals surface area contributed by atoms with Crippen LogP contribution in [0, 0.1) is 129 Å². The molecule has 0 radical (unpaired) electrons. The maximum atomic E-state index is 10.3. The summed E-state index contributed by atoms with van der Waals surface area (Å²) in [5, 5.41) is 10.3. The molecule has 0 saturated heterocycles. The maximum Gasteiger partial charge on any atom is 0.0991 e. The van der Waals surface area contributed by atoms with Gasteiger partial charge in [-0.25, -0.2) is 0 Å². The molecule has 1 aliphatic heterocycles. The number of rotatable bonds is 3. The molecule has 6 aromatic carbocycles. The normalized spacial score (nSPS) is 13.3. The lowest BCUT2D eigenvalue weighted by Crippen LogP contribution is -2.26. The number of fused-ring (bicyclic) bond motifs is 4. The van der Waals surface area contributed by atoms with E-state index in [1.807, 2.05) is 6.07 Å². The molecule has 0 aromatic heterocycles. The zero-order valence-electron chi connectivity index (χ0n) is 38.9. The number of nitrogens with zero attached hydrogens (tertiary/aromatic N) is 2. The monoisotopic (exact) mass is 774 g/mol. The van der Waals surface area contributed by atoms with E-state index in [4.69, 9.17) is 0 Å². The molecule has 0 unspecified atom stereocenters. The summed E-state index contributed by atoms with van der Waals surface area (Å²) in [5.41, 5.74) is 40.5. The molecule has 2 aliphatic rings. The van der Waals surface area contributed by atoms with Crippen LogP contribution >= 0.6 is 0 Å². The van der Waals surface area contributed by atoms with Gasteiger partial charge in [0.2, 0.25) is 0 Å². The second kappa shape index (κ2) is 14.1. The van der Waals surface area contributed by atoms with Crippen molar-refractivity contribution in [2.24, 2.45) is 0 Å². The van der Waals surface area contributed by atoms with Crippen LogP contribution in [0.3, 0.4) is 0 Å². The van der Waals surface area contributed by atoms with Crippen molar-refractivity contribution in [3.05, 3.63) is 175 Å². The van der Waals surface area contributed by atoms with E-state index in [9.17, 15) is 5.26 Å². The largest absolute Gasteiger partial charge is 0.309 e. The van der Waals surface area contributed by atoms with Crippen LogP contribution in [-0.4, -0.2) is 0 Å². The van der Waals surface area contributed by atoms with Gasteiger partial charge >= 0.3 is 0 Å². The van der Waals surface area contributed by atoms with Crippen LogP contribution in [0.4, 0.5) is 17.1 Å². The molecule has 0 fully saturated rings. The van der Waals surface area contributed by atoms with Crippen molar-refractivity contribution in [1.29, 1.82) is 5.26 Å². The molecule has 59 heavy (non-hydrogen) atoms. The Kier molecular flexibility index (Phi) is 9.67. The highest BCUT2D eigenvalue weighted by molar-refractivity contribution is 5.93. The average Bonchev–Trinajstić information content (AvgIpc) is 3.24. The fourth-order valence-corrected chi connectivity index (χ4v) is 11.2. The quantitative estimate of drug-likeness (QED) is 0.179. The van der Waals surface area contributed by atoms with Gasteiger partial charge in [0.15, 0.2) is 0 Å². The lowest BCUT2D eigenvalue weighted by Gasteiger charge is -2.41. The van der Waals surface area contributed by atoms with Crippen molar-refractivity contribution < 1.29 is 0 Å². The second-order valence-corrected chi connectivity index (χ2v) is 18.5. The van der Waals surface area contributed by atoms with Crippen LogP contribution in [0.1, 0.15) is 145 Å². The Morgan fingerprint density at radius 1 is 0.458 bits per heavy atom. The minimum absolute atomic E-state index is 0.0296. The van der Waals surface area contributed by atoms with Gasteiger partial charge in [-0.05, 0) is 287 Å². The standard InChI is InChI=1S/C57H62N2/c1-27-21-51(55-53-40(14)32(6)28(2)36(10)46(53)23-47-37(11)29(3)33(7)41(15)54(47)55)50(45-20-18-19-44(22-45)26-58)25-52(27)59-56-42(16)34(8)30(4)38(12)48(56)24-49-39(13)31(5)35(9)43(17)57(49)59/h18-22,25,55H,23-24H2,1-17H3. The van der Waals surface area contributed by atoms with Gasteiger partial charge in [0.05, 0.1) is 23.0 Å². The van der Waals surface area contributed by atoms with E-state index in [1.54, 1.807) is 0 Å². The van der Waals surface area contributed by atoms with E-state index in [1.165, 1.54) is 156 Å².